The van der Waals surface area contributed by atoms with E-state index in [1.165, 1.54) is 11.9 Å². The fraction of sp³-hybridized carbons (Fsp3) is 0.357. The first-order valence-corrected chi connectivity index (χ1v) is 7.99. The van der Waals surface area contributed by atoms with E-state index in [4.69, 9.17) is 11.6 Å². The maximum atomic E-state index is 11.9. The summed E-state index contributed by atoms with van der Waals surface area (Å²) in [5, 5.41) is 2.68. The summed E-state index contributed by atoms with van der Waals surface area (Å²) in [7, 11) is 1.32. The summed E-state index contributed by atoms with van der Waals surface area (Å²) in [6, 6.07) is 3.87. The third-order valence-electron chi connectivity index (χ3n) is 3.19. The normalized spacial score (nSPS) is 10.6. The van der Waals surface area contributed by atoms with Gasteiger partial charge in [-0.15, -0.1) is 11.3 Å². The first-order valence-electron chi connectivity index (χ1n) is 6.80. The van der Waals surface area contributed by atoms with Crippen molar-refractivity contribution in [2.45, 2.75) is 19.3 Å². The van der Waals surface area contributed by atoms with Crippen LogP contribution in [0, 0.1) is 0 Å². The Bertz CT molecular complexity index is 778. The third-order valence-corrected chi connectivity index (χ3v) is 4.48. The monoisotopic (exact) mass is 341 g/mol. The summed E-state index contributed by atoms with van der Waals surface area (Å²) in [6.07, 6.45) is 3.77. The van der Waals surface area contributed by atoms with Gasteiger partial charge in [-0.2, -0.15) is 0 Å². The van der Waals surface area contributed by atoms with Crippen LogP contribution in [-0.4, -0.2) is 22.0 Å². The van der Waals surface area contributed by atoms with Crippen LogP contribution < -0.4 is 16.6 Å². The smallest absolute Gasteiger partial charge is 0.328 e. The standard InChI is InChI=1S/C14H16ClN3O3S/c1-18-13(20)10(8-17-14(18)21)12(19)16-7-3-2-4-9-5-6-11(15)22-9/h5-6,8H,2-4,7H2,1H3,(H,16,19)(H,17,21). The Morgan fingerprint density at radius 3 is 2.82 bits per heavy atom. The molecule has 118 valence electrons. The molecule has 0 aliphatic heterocycles. The minimum absolute atomic E-state index is 0.0628. The van der Waals surface area contributed by atoms with Crippen molar-refractivity contribution in [3.05, 3.63) is 53.9 Å². The second kappa shape index (κ2) is 7.42. The molecule has 8 heteroatoms. The molecular weight excluding hydrogens is 326 g/mol. The molecule has 2 N–H and O–H groups in total. The zero-order valence-corrected chi connectivity index (χ0v) is 13.6. The van der Waals surface area contributed by atoms with Gasteiger partial charge in [0, 0.05) is 24.7 Å². The highest BCUT2D eigenvalue weighted by Gasteiger charge is 2.12. The topological polar surface area (TPSA) is 84.0 Å². The van der Waals surface area contributed by atoms with Gasteiger partial charge in [-0.25, -0.2) is 4.79 Å². The lowest BCUT2D eigenvalue weighted by atomic mass is 10.2. The van der Waals surface area contributed by atoms with Crippen molar-refractivity contribution in [1.29, 1.82) is 0 Å². The lowest BCUT2D eigenvalue weighted by Crippen LogP contribution is -2.39. The number of carbonyl (C=O) groups excluding carboxylic acids is 1. The Morgan fingerprint density at radius 1 is 1.36 bits per heavy atom. The van der Waals surface area contributed by atoms with Crippen LogP contribution in [0.4, 0.5) is 0 Å². The summed E-state index contributed by atoms with van der Waals surface area (Å²) >= 11 is 7.41. The zero-order valence-electron chi connectivity index (χ0n) is 12.0. The van der Waals surface area contributed by atoms with E-state index in [1.807, 2.05) is 12.1 Å². The lowest BCUT2D eigenvalue weighted by molar-refractivity contribution is 0.0950. The molecular formula is C14H16ClN3O3S. The molecule has 0 aromatic carbocycles. The van der Waals surface area contributed by atoms with Gasteiger partial charge in [0.15, 0.2) is 0 Å². The van der Waals surface area contributed by atoms with Crippen LogP contribution in [0.1, 0.15) is 28.1 Å². The van der Waals surface area contributed by atoms with E-state index in [-0.39, 0.29) is 5.56 Å². The summed E-state index contributed by atoms with van der Waals surface area (Å²) in [4.78, 5) is 38.5. The second-order valence-electron chi connectivity index (χ2n) is 4.79. The summed E-state index contributed by atoms with van der Waals surface area (Å²) in [5.74, 6) is -0.476. The Morgan fingerprint density at radius 2 is 2.14 bits per heavy atom. The number of aromatic amines is 1. The molecule has 2 aromatic rings. The van der Waals surface area contributed by atoms with E-state index >= 15 is 0 Å². The number of nitrogens with one attached hydrogen (secondary N) is 2. The molecule has 0 saturated heterocycles. The van der Waals surface area contributed by atoms with Crippen LogP contribution in [-0.2, 0) is 13.5 Å². The number of unbranched alkanes of at least 4 members (excludes halogenated alkanes) is 1. The van der Waals surface area contributed by atoms with E-state index in [1.54, 1.807) is 11.3 Å². The molecule has 2 rings (SSSR count). The van der Waals surface area contributed by atoms with Crippen molar-refractivity contribution in [3.8, 4) is 0 Å². The van der Waals surface area contributed by atoms with Gasteiger partial charge in [0.25, 0.3) is 11.5 Å². The predicted octanol–water partition coefficient (Wildman–Crippen LogP) is 1.54. The number of amides is 1. The number of aromatic nitrogens is 2. The van der Waals surface area contributed by atoms with Crippen molar-refractivity contribution in [1.82, 2.24) is 14.9 Å². The number of thiophene rings is 1. The van der Waals surface area contributed by atoms with Crippen LogP contribution in [0.2, 0.25) is 4.34 Å². The van der Waals surface area contributed by atoms with Crippen molar-refractivity contribution in [2.24, 2.45) is 7.05 Å². The molecule has 0 aliphatic rings. The van der Waals surface area contributed by atoms with E-state index in [0.717, 1.165) is 34.4 Å². The van der Waals surface area contributed by atoms with Gasteiger partial charge in [0.2, 0.25) is 0 Å². The second-order valence-corrected chi connectivity index (χ2v) is 6.59. The highest BCUT2D eigenvalue weighted by atomic mass is 35.5. The van der Waals surface area contributed by atoms with Crippen LogP contribution in [0.25, 0.3) is 0 Å². The molecule has 2 heterocycles. The molecule has 0 unspecified atom stereocenters. The molecule has 22 heavy (non-hydrogen) atoms. The summed E-state index contributed by atoms with van der Waals surface area (Å²) < 4.78 is 1.65. The molecule has 0 atom stereocenters. The van der Waals surface area contributed by atoms with Gasteiger partial charge in [-0.3, -0.25) is 14.2 Å². The van der Waals surface area contributed by atoms with Crippen molar-refractivity contribution >= 4 is 28.8 Å². The van der Waals surface area contributed by atoms with E-state index in [0.29, 0.717) is 6.54 Å². The Kier molecular flexibility index (Phi) is 5.57. The van der Waals surface area contributed by atoms with Gasteiger partial charge in [0.05, 0.1) is 4.34 Å². The maximum Gasteiger partial charge on any atom is 0.328 e. The first-order chi connectivity index (χ1) is 10.5. The molecule has 0 fully saturated rings. The Hall–Kier alpha value is -1.86. The molecule has 0 saturated carbocycles. The third kappa shape index (κ3) is 4.08. The largest absolute Gasteiger partial charge is 0.352 e. The Labute approximate surface area is 135 Å². The number of rotatable bonds is 6. The molecule has 0 bridgehead atoms. The maximum absolute atomic E-state index is 11.9. The molecule has 2 aromatic heterocycles. The van der Waals surface area contributed by atoms with Gasteiger partial charge < -0.3 is 10.3 Å². The molecule has 0 radical (unpaired) electrons. The van der Waals surface area contributed by atoms with E-state index in [9.17, 15) is 14.4 Å². The molecule has 0 aliphatic carbocycles. The number of carbonyl (C=O) groups is 1. The highest BCUT2D eigenvalue weighted by molar-refractivity contribution is 7.16. The van der Waals surface area contributed by atoms with Crippen molar-refractivity contribution in [2.75, 3.05) is 6.54 Å². The minimum atomic E-state index is -0.602. The molecule has 1 amide bonds. The van der Waals surface area contributed by atoms with Gasteiger partial charge in [-0.05, 0) is 31.4 Å². The van der Waals surface area contributed by atoms with Gasteiger partial charge in [-0.1, -0.05) is 11.6 Å². The molecule has 6 nitrogen and oxygen atoms in total. The summed E-state index contributed by atoms with van der Waals surface area (Å²) in [6.45, 7) is 0.472. The number of halogens is 1. The van der Waals surface area contributed by atoms with Gasteiger partial charge >= 0.3 is 5.69 Å². The number of aryl methyl sites for hydroxylation is 1. The summed E-state index contributed by atoms with van der Waals surface area (Å²) in [5.41, 5.74) is -1.21. The van der Waals surface area contributed by atoms with E-state index in [2.05, 4.69) is 10.3 Å². The van der Waals surface area contributed by atoms with E-state index < -0.39 is 17.2 Å². The van der Waals surface area contributed by atoms with Crippen molar-refractivity contribution < 1.29 is 4.79 Å². The number of H-pyrrole nitrogens is 1. The zero-order chi connectivity index (χ0) is 16.1. The number of hydrogen-bond donors (Lipinski definition) is 2. The fourth-order valence-electron chi connectivity index (χ4n) is 1.94. The average Bonchev–Trinajstić information content (AvgIpc) is 2.90. The lowest BCUT2D eigenvalue weighted by Gasteiger charge is -2.05. The SMILES string of the molecule is Cn1c(=O)[nH]cc(C(=O)NCCCCc2ccc(Cl)s2)c1=O. The first kappa shape index (κ1) is 16.5. The van der Waals surface area contributed by atoms with Crippen LogP contribution in [0.3, 0.4) is 0 Å². The quantitative estimate of drug-likeness (QED) is 0.782. The number of nitrogens with zero attached hydrogens (tertiary/aromatic N) is 1. The fourth-order valence-corrected chi connectivity index (χ4v) is 3.06. The minimum Gasteiger partial charge on any atom is -0.352 e. The van der Waals surface area contributed by atoms with Crippen LogP contribution in [0.15, 0.2) is 27.9 Å². The highest BCUT2D eigenvalue weighted by Crippen LogP contribution is 2.22. The number of hydrogen-bond acceptors (Lipinski definition) is 4. The Balaban J connectivity index is 1.80. The predicted molar refractivity (Wildman–Crippen MR) is 86.9 cm³/mol. The van der Waals surface area contributed by atoms with Crippen LogP contribution >= 0.6 is 22.9 Å². The average molecular weight is 342 g/mol. The van der Waals surface area contributed by atoms with Crippen LogP contribution in [0.5, 0.6) is 0 Å². The molecule has 0 spiro atoms. The van der Waals surface area contributed by atoms with Crippen molar-refractivity contribution in [3.63, 3.8) is 0 Å². The van der Waals surface area contributed by atoms with Gasteiger partial charge in [0.1, 0.15) is 5.56 Å².